The number of nitrogens with zero attached hydrogens (tertiary/aromatic N) is 1. The first kappa shape index (κ1) is 13.5. The lowest BCUT2D eigenvalue weighted by atomic mass is 10.1. The van der Waals surface area contributed by atoms with Gasteiger partial charge in [0.2, 0.25) is 0 Å². The summed E-state index contributed by atoms with van der Waals surface area (Å²) in [5.74, 6) is -0.899. The molecule has 0 spiro atoms. The number of methoxy groups -OCH3 is 1. The molecule has 0 heterocycles. The molecule has 0 saturated carbocycles. The first-order valence-electron chi connectivity index (χ1n) is 5.69. The summed E-state index contributed by atoms with van der Waals surface area (Å²) in [6.45, 7) is 5.34. The van der Waals surface area contributed by atoms with Gasteiger partial charge in [-0.1, -0.05) is 12.1 Å². The number of likely N-dealkylation sites (N-methyl/N-ethyl adjacent to an activating group) is 1. The van der Waals surface area contributed by atoms with Crippen LogP contribution in [0.3, 0.4) is 0 Å². The predicted octanol–water partition coefficient (Wildman–Crippen LogP) is 2.25. The van der Waals surface area contributed by atoms with Gasteiger partial charge in [0.25, 0.3) is 0 Å². The lowest BCUT2D eigenvalue weighted by Crippen LogP contribution is -2.37. The second kappa shape index (κ2) is 6.25. The minimum absolute atomic E-state index is 0.144. The maximum atomic E-state index is 11.2. The second-order valence-electron chi connectivity index (χ2n) is 3.91. The van der Waals surface area contributed by atoms with E-state index in [-0.39, 0.29) is 6.04 Å². The number of benzene rings is 1. The van der Waals surface area contributed by atoms with Gasteiger partial charge in [-0.2, -0.15) is 0 Å². The van der Waals surface area contributed by atoms with Gasteiger partial charge in [-0.15, -0.1) is 0 Å². The zero-order chi connectivity index (χ0) is 12.8. The van der Waals surface area contributed by atoms with Crippen molar-refractivity contribution in [2.45, 2.75) is 19.9 Å². The smallest absolute Gasteiger partial charge is 0.337 e. The van der Waals surface area contributed by atoms with Crippen LogP contribution in [0.4, 0.5) is 5.69 Å². The van der Waals surface area contributed by atoms with E-state index in [0.29, 0.717) is 12.2 Å². The predicted molar refractivity (Wildman–Crippen MR) is 67.8 cm³/mol. The zero-order valence-corrected chi connectivity index (χ0v) is 10.5. The van der Waals surface area contributed by atoms with Crippen LogP contribution in [-0.2, 0) is 4.74 Å². The number of para-hydroxylation sites is 1. The summed E-state index contributed by atoms with van der Waals surface area (Å²) in [4.78, 5) is 13.2. The molecule has 0 aliphatic heterocycles. The van der Waals surface area contributed by atoms with Gasteiger partial charge in [-0.3, -0.25) is 0 Å². The molecule has 1 rings (SSSR count). The number of rotatable bonds is 6. The van der Waals surface area contributed by atoms with Crippen molar-refractivity contribution in [1.29, 1.82) is 0 Å². The summed E-state index contributed by atoms with van der Waals surface area (Å²) < 4.78 is 5.12. The monoisotopic (exact) mass is 237 g/mol. The van der Waals surface area contributed by atoms with Gasteiger partial charge < -0.3 is 14.7 Å². The molecule has 0 aliphatic rings. The fourth-order valence-corrected chi connectivity index (χ4v) is 1.96. The Hall–Kier alpha value is -1.55. The molecule has 0 bridgehead atoms. The van der Waals surface area contributed by atoms with E-state index in [9.17, 15) is 4.79 Å². The number of ether oxygens (including phenoxy) is 1. The molecule has 4 nitrogen and oxygen atoms in total. The maximum Gasteiger partial charge on any atom is 0.337 e. The average molecular weight is 237 g/mol. The highest BCUT2D eigenvalue weighted by Crippen LogP contribution is 2.22. The largest absolute Gasteiger partial charge is 0.478 e. The molecule has 1 N–H and O–H groups in total. The summed E-state index contributed by atoms with van der Waals surface area (Å²) in [6.07, 6.45) is 0. The molecule has 0 aromatic heterocycles. The van der Waals surface area contributed by atoms with Gasteiger partial charge in [0.1, 0.15) is 0 Å². The average Bonchev–Trinajstić information content (AvgIpc) is 2.31. The number of carbonyl (C=O) groups is 1. The van der Waals surface area contributed by atoms with Crippen LogP contribution in [0, 0.1) is 0 Å². The fraction of sp³-hybridized carbons (Fsp3) is 0.462. The SMILES string of the molecule is CCN(c1ccccc1C(=O)O)C(C)COC. The third-order valence-electron chi connectivity index (χ3n) is 2.72. The number of carboxylic acids is 1. The number of hydrogen-bond acceptors (Lipinski definition) is 3. The summed E-state index contributed by atoms with van der Waals surface area (Å²) in [7, 11) is 1.65. The minimum Gasteiger partial charge on any atom is -0.478 e. The van der Waals surface area contributed by atoms with Gasteiger partial charge in [0, 0.05) is 19.7 Å². The van der Waals surface area contributed by atoms with Crippen molar-refractivity contribution in [3.8, 4) is 0 Å². The maximum absolute atomic E-state index is 11.2. The molecule has 0 radical (unpaired) electrons. The number of hydrogen-bond donors (Lipinski definition) is 1. The van der Waals surface area contributed by atoms with Crippen LogP contribution in [-0.4, -0.2) is 37.4 Å². The first-order chi connectivity index (χ1) is 8.11. The molecule has 1 unspecified atom stereocenters. The van der Waals surface area contributed by atoms with Crippen LogP contribution in [0.1, 0.15) is 24.2 Å². The van der Waals surface area contributed by atoms with Crippen molar-refractivity contribution >= 4 is 11.7 Å². The normalized spacial score (nSPS) is 12.2. The molecule has 94 valence electrons. The number of anilines is 1. The molecule has 1 atom stereocenters. The van der Waals surface area contributed by atoms with Gasteiger partial charge in [0.05, 0.1) is 17.9 Å². The molecular weight excluding hydrogens is 218 g/mol. The summed E-state index contributed by atoms with van der Waals surface area (Å²) in [5, 5.41) is 9.16. The van der Waals surface area contributed by atoms with Crippen LogP contribution in [0.25, 0.3) is 0 Å². The van der Waals surface area contributed by atoms with Crippen LogP contribution in [0.2, 0.25) is 0 Å². The second-order valence-corrected chi connectivity index (χ2v) is 3.91. The lowest BCUT2D eigenvalue weighted by molar-refractivity contribution is 0.0697. The van der Waals surface area contributed by atoms with E-state index in [1.807, 2.05) is 30.9 Å². The van der Waals surface area contributed by atoms with Gasteiger partial charge in [0.15, 0.2) is 0 Å². The van der Waals surface area contributed by atoms with E-state index < -0.39 is 5.97 Å². The third-order valence-corrected chi connectivity index (χ3v) is 2.72. The molecule has 0 amide bonds. The Morgan fingerprint density at radius 1 is 1.47 bits per heavy atom. The van der Waals surface area contributed by atoms with E-state index in [4.69, 9.17) is 9.84 Å². The van der Waals surface area contributed by atoms with Crippen molar-refractivity contribution in [3.63, 3.8) is 0 Å². The number of carboxylic acid groups (broad SMARTS) is 1. The van der Waals surface area contributed by atoms with Gasteiger partial charge in [-0.05, 0) is 26.0 Å². The van der Waals surface area contributed by atoms with Crippen molar-refractivity contribution < 1.29 is 14.6 Å². The quantitative estimate of drug-likeness (QED) is 0.824. The zero-order valence-electron chi connectivity index (χ0n) is 10.5. The Labute approximate surface area is 102 Å². The Morgan fingerprint density at radius 3 is 2.65 bits per heavy atom. The summed E-state index contributed by atoms with van der Waals surface area (Å²) in [5.41, 5.74) is 1.07. The first-order valence-corrected chi connectivity index (χ1v) is 5.69. The van der Waals surface area contributed by atoms with Crippen molar-refractivity contribution in [2.75, 3.05) is 25.2 Å². The molecule has 0 saturated heterocycles. The molecule has 0 aliphatic carbocycles. The van der Waals surface area contributed by atoms with Crippen molar-refractivity contribution in [3.05, 3.63) is 29.8 Å². The Bertz CT molecular complexity index is 379. The lowest BCUT2D eigenvalue weighted by Gasteiger charge is -2.30. The van der Waals surface area contributed by atoms with Crippen molar-refractivity contribution in [1.82, 2.24) is 0 Å². The summed E-state index contributed by atoms with van der Waals surface area (Å²) >= 11 is 0. The van der Waals surface area contributed by atoms with E-state index in [1.165, 1.54) is 0 Å². The Morgan fingerprint density at radius 2 is 2.12 bits per heavy atom. The molecule has 17 heavy (non-hydrogen) atoms. The van der Waals surface area contributed by atoms with Gasteiger partial charge in [-0.25, -0.2) is 4.79 Å². The van der Waals surface area contributed by atoms with Crippen LogP contribution in [0.5, 0.6) is 0 Å². The minimum atomic E-state index is -0.899. The molecule has 1 aromatic carbocycles. The highest BCUT2D eigenvalue weighted by Gasteiger charge is 2.18. The van der Waals surface area contributed by atoms with E-state index in [1.54, 1.807) is 19.2 Å². The van der Waals surface area contributed by atoms with Crippen LogP contribution in [0.15, 0.2) is 24.3 Å². The Balaban J connectivity index is 3.06. The Kier molecular flexibility index (Phi) is 4.97. The standard InChI is InChI=1S/C13H19NO3/c1-4-14(10(2)9-17-3)12-8-6-5-7-11(12)13(15)16/h5-8,10H,4,9H2,1-3H3,(H,15,16). The fourth-order valence-electron chi connectivity index (χ4n) is 1.96. The number of aromatic carboxylic acids is 1. The third kappa shape index (κ3) is 3.20. The highest BCUT2D eigenvalue weighted by molar-refractivity contribution is 5.94. The van der Waals surface area contributed by atoms with Gasteiger partial charge >= 0.3 is 5.97 Å². The highest BCUT2D eigenvalue weighted by atomic mass is 16.5. The van der Waals surface area contributed by atoms with Crippen LogP contribution < -0.4 is 4.90 Å². The van der Waals surface area contributed by atoms with Crippen molar-refractivity contribution in [2.24, 2.45) is 0 Å². The van der Waals surface area contributed by atoms with E-state index in [2.05, 4.69) is 0 Å². The molecule has 1 aromatic rings. The van der Waals surface area contributed by atoms with Crippen LogP contribution >= 0.6 is 0 Å². The van der Waals surface area contributed by atoms with E-state index in [0.717, 1.165) is 12.2 Å². The topological polar surface area (TPSA) is 49.8 Å². The summed E-state index contributed by atoms with van der Waals surface area (Å²) in [6, 6.07) is 7.19. The molecule has 0 fully saturated rings. The van der Waals surface area contributed by atoms with E-state index >= 15 is 0 Å². The molecule has 4 heteroatoms. The molecular formula is C13H19NO3.